The average molecular weight is 264 g/mol. The van der Waals surface area contributed by atoms with E-state index >= 15 is 0 Å². The summed E-state index contributed by atoms with van der Waals surface area (Å²) in [6, 6.07) is 16.2. The Labute approximate surface area is 120 Å². The minimum Gasteiger partial charge on any atom is -0.385 e. The number of benzene rings is 2. The molecule has 0 radical (unpaired) electrons. The number of aryl methyl sites for hydroxylation is 1. The van der Waals surface area contributed by atoms with E-state index in [0.29, 0.717) is 6.04 Å². The molecule has 1 N–H and O–H groups in total. The van der Waals surface area contributed by atoms with Gasteiger partial charge in [0.05, 0.1) is 0 Å². The second kappa shape index (κ2) is 4.55. The zero-order valence-corrected chi connectivity index (χ0v) is 11.9. The van der Waals surface area contributed by atoms with E-state index in [1.807, 2.05) is 0 Å². The van der Waals surface area contributed by atoms with Crippen LogP contribution in [0.1, 0.15) is 24.5 Å². The molecule has 2 aromatic rings. The quantitative estimate of drug-likeness (QED) is 0.833. The summed E-state index contributed by atoms with van der Waals surface area (Å²) in [4.78, 5) is 2.49. The molecule has 0 spiro atoms. The zero-order valence-electron chi connectivity index (χ0n) is 11.9. The summed E-state index contributed by atoms with van der Waals surface area (Å²) >= 11 is 0. The SMILES string of the molecule is CC1Cc2ccccc2N1c1ccc2c(c1)CCCN2. The Kier molecular flexibility index (Phi) is 2.69. The number of rotatable bonds is 1. The lowest BCUT2D eigenvalue weighted by atomic mass is 10.0. The summed E-state index contributed by atoms with van der Waals surface area (Å²) in [5.41, 5.74) is 6.97. The van der Waals surface area contributed by atoms with Gasteiger partial charge in [-0.05, 0) is 61.6 Å². The first kappa shape index (κ1) is 11.8. The normalized spacial score (nSPS) is 20.2. The number of anilines is 3. The van der Waals surface area contributed by atoms with Crippen molar-refractivity contribution in [2.75, 3.05) is 16.8 Å². The lowest BCUT2D eigenvalue weighted by Gasteiger charge is -2.27. The third-order valence-corrected chi connectivity index (χ3v) is 4.51. The van der Waals surface area contributed by atoms with Gasteiger partial charge < -0.3 is 10.2 Å². The van der Waals surface area contributed by atoms with Crippen LogP contribution in [0.15, 0.2) is 42.5 Å². The molecule has 2 aliphatic rings. The molecule has 0 saturated carbocycles. The second-order valence-electron chi connectivity index (χ2n) is 5.92. The predicted molar refractivity (Wildman–Crippen MR) is 85.0 cm³/mol. The molecule has 2 aromatic carbocycles. The molecule has 2 aliphatic heterocycles. The molecule has 2 heteroatoms. The van der Waals surface area contributed by atoms with E-state index in [2.05, 4.69) is 59.6 Å². The van der Waals surface area contributed by atoms with Gasteiger partial charge in [0.15, 0.2) is 0 Å². The highest BCUT2D eigenvalue weighted by Gasteiger charge is 2.27. The summed E-state index contributed by atoms with van der Waals surface area (Å²) in [5.74, 6) is 0. The van der Waals surface area contributed by atoms with Crippen molar-refractivity contribution >= 4 is 17.1 Å². The fourth-order valence-corrected chi connectivity index (χ4v) is 3.57. The van der Waals surface area contributed by atoms with Crippen LogP contribution in [0.25, 0.3) is 0 Å². The van der Waals surface area contributed by atoms with Gasteiger partial charge in [0.1, 0.15) is 0 Å². The molecule has 0 bridgehead atoms. The van der Waals surface area contributed by atoms with Gasteiger partial charge in [0.25, 0.3) is 0 Å². The van der Waals surface area contributed by atoms with Crippen LogP contribution in [0.5, 0.6) is 0 Å². The van der Waals surface area contributed by atoms with Crippen LogP contribution < -0.4 is 10.2 Å². The zero-order chi connectivity index (χ0) is 13.5. The highest BCUT2D eigenvalue weighted by molar-refractivity contribution is 5.73. The summed E-state index contributed by atoms with van der Waals surface area (Å²) in [6.07, 6.45) is 3.58. The molecule has 0 aromatic heterocycles. The minimum atomic E-state index is 0.544. The van der Waals surface area contributed by atoms with Crippen LogP contribution in [-0.4, -0.2) is 12.6 Å². The van der Waals surface area contributed by atoms with Crippen LogP contribution in [0, 0.1) is 0 Å². The number of nitrogens with zero attached hydrogens (tertiary/aromatic N) is 1. The van der Waals surface area contributed by atoms with Gasteiger partial charge in [-0.2, -0.15) is 0 Å². The molecular formula is C18H20N2. The summed E-state index contributed by atoms with van der Waals surface area (Å²) in [7, 11) is 0. The number of hydrogen-bond donors (Lipinski definition) is 1. The van der Waals surface area contributed by atoms with Crippen LogP contribution >= 0.6 is 0 Å². The Morgan fingerprint density at radius 3 is 2.95 bits per heavy atom. The lowest BCUT2D eigenvalue weighted by molar-refractivity contribution is 0.757. The molecule has 2 heterocycles. The Balaban J connectivity index is 1.77. The number of nitrogens with one attached hydrogen (secondary N) is 1. The third-order valence-electron chi connectivity index (χ3n) is 4.51. The highest BCUT2D eigenvalue weighted by Crippen LogP contribution is 2.39. The summed E-state index contributed by atoms with van der Waals surface area (Å²) in [5, 5.41) is 3.49. The van der Waals surface area contributed by atoms with Crippen molar-refractivity contribution in [1.82, 2.24) is 0 Å². The first-order valence-electron chi connectivity index (χ1n) is 7.57. The van der Waals surface area contributed by atoms with Crippen molar-refractivity contribution in [3.63, 3.8) is 0 Å². The Morgan fingerprint density at radius 2 is 2.00 bits per heavy atom. The first-order valence-corrected chi connectivity index (χ1v) is 7.57. The van der Waals surface area contributed by atoms with Crippen molar-refractivity contribution in [1.29, 1.82) is 0 Å². The van der Waals surface area contributed by atoms with Gasteiger partial charge in [0, 0.05) is 29.6 Å². The molecule has 2 nitrogen and oxygen atoms in total. The standard InChI is InChI=1S/C18H20N2/c1-13-11-15-5-2-3-7-18(15)20(13)16-8-9-17-14(12-16)6-4-10-19-17/h2-3,5,7-9,12-13,19H,4,6,10-11H2,1H3. The topological polar surface area (TPSA) is 15.3 Å². The minimum absolute atomic E-state index is 0.544. The smallest absolute Gasteiger partial charge is 0.0446 e. The largest absolute Gasteiger partial charge is 0.385 e. The molecule has 4 rings (SSSR count). The Bertz CT molecular complexity index is 648. The average Bonchev–Trinajstić information content (AvgIpc) is 2.82. The molecule has 102 valence electrons. The fourth-order valence-electron chi connectivity index (χ4n) is 3.57. The Morgan fingerprint density at radius 1 is 1.10 bits per heavy atom. The van der Waals surface area contributed by atoms with Gasteiger partial charge in [-0.15, -0.1) is 0 Å². The van der Waals surface area contributed by atoms with Crippen molar-refractivity contribution in [2.45, 2.75) is 32.2 Å². The van der Waals surface area contributed by atoms with Crippen LogP contribution in [-0.2, 0) is 12.8 Å². The van der Waals surface area contributed by atoms with E-state index in [1.54, 1.807) is 0 Å². The van der Waals surface area contributed by atoms with E-state index in [-0.39, 0.29) is 0 Å². The van der Waals surface area contributed by atoms with E-state index in [1.165, 1.54) is 41.0 Å². The highest BCUT2D eigenvalue weighted by atomic mass is 15.2. The van der Waals surface area contributed by atoms with Gasteiger partial charge in [-0.3, -0.25) is 0 Å². The number of fused-ring (bicyclic) bond motifs is 2. The molecule has 0 aliphatic carbocycles. The fraction of sp³-hybridized carbons (Fsp3) is 0.333. The maximum absolute atomic E-state index is 3.49. The molecule has 20 heavy (non-hydrogen) atoms. The monoisotopic (exact) mass is 264 g/mol. The van der Waals surface area contributed by atoms with Crippen molar-refractivity contribution in [3.8, 4) is 0 Å². The second-order valence-corrected chi connectivity index (χ2v) is 5.92. The van der Waals surface area contributed by atoms with E-state index < -0.39 is 0 Å². The maximum atomic E-state index is 3.49. The van der Waals surface area contributed by atoms with Crippen LogP contribution in [0.3, 0.4) is 0 Å². The van der Waals surface area contributed by atoms with Gasteiger partial charge in [-0.25, -0.2) is 0 Å². The number of hydrogen-bond acceptors (Lipinski definition) is 2. The summed E-state index contributed by atoms with van der Waals surface area (Å²) in [6.45, 7) is 3.42. The van der Waals surface area contributed by atoms with Crippen molar-refractivity contribution < 1.29 is 0 Å². The number of para-hydroxylation sites is 1. The van der Waals surface area contributed by atoms with Crippen molar-refractivity contribution in [3.05, 3.63) is 53.6 Å². The van der Waals surface area contributed by atoms with Gasteiger partial charge in [0.2, 0.25) is 0 Å². The Hall–Kier alpha value is -1.96. The lowest BCUT2D eigenvalue weighted by Crippen LogP contribution is -2.24. The van der Waals surface area contributed by atoms with Crippen LogP contribution in [0.2, 0.25) is 0 Å². The van der Waals surface area contributed by atoms with E-state index in [0.717, 1.165) is 13.0 Å². The molecule has 1 atom stereocenters. The maximum Gasteiger partial charge on any atom is 0.0446 e. The first-order chi connectivity index (χ1) is 9.83. The summed E-state index contributed by atoms with van der Waals surface area (Å²) < 4.78 is 0. The van der Waals surface area contributed by atoms with Crippen LogP contribution in [0.4, 0.5) is 17.1 Å². The van der Waals surface area contributed by atoms with E-state index in [4.69, 9.17) is 0 Å². The van der Waals surface area contributed by atoms with Crippen molar-refractivity contribution in [2.24, 2.45) is 0 Å². The molecule has 0 amide bonds. The van der Waals surface area contributed by atoms with Gasteiger partial charge >= 0.3 is 0 Å². The van der Waals surface area contributed by atoms with Gasteiger partial charge in [-0.1, -0.05) is 18.2 Å². The van der Waals surface area contributed by atoms with E-state index in [9.17, 15) is 0 Å². The molecular weight excluding hydrogens is 244 g/mol. The predicted octanol–water partition coefficient (Wildman–Crippen LogP) is 4.13. The molecule has 0 fully saturated rings. The third kappa shape index (κ3) is 1.79. The molecule has 1 unspecified atom stereocenters. The molecule has 0 saturated heterocycles.